The van der Waals surface area contributed by atoms with Gasteiger partial charge in [0, 0.05) is 43.7 Å². The Labute approximate surface area is 159 Å². The second-order valence-electron chi connectivity index (χ2n) is 7.36. The Morgan fingerprint density at radius 3 is 3.00 bits per heavy atom. The van der Waals surface area contributed by atoms with Gasteiger partial charge in [-0.15, -0.1) is 0 Å². The third-order valence-corrected chi connectivity index (χ3v) is 5.12. The fraction of sp³-hybridized carbons (Fsp3) is 0.429. The van der Waals surface area contributed by atoms with Crippen molar-refractivity contribution in [1.29, 1.82) is 0 Å². The zero-order valence-corrected chi connectivity index (χ0v) is 15.7. The van der Waals surface area contributed by atoms with E-state index in [1.165, 1.54) is 18.4 Å². The van der Waals surface area contributed by atoms with E-state index >= 15 is 0 Å². The summed E-state index contributed by atoms with van der Waals surface area (Å²) < 4.78 is 5.43. The van der Waals surface area contributed by atoms with Crippen LogP contribution in [0.5, 0.6) is 0 Å². The summed E-state index contributed by atoms with van der Waals surface area (Å²) in [5.41, 5.74) is 3.25. The van der Waals surface area contributed by atoms with Gasteiger partial charge in [-0.2, -0.15) is 4.98 Å². The van der Waals surface area contributed by atoms with Crippen LogP contribution in [0.1, 0.15) is 36.4 Å². The minimum Gasteiger partial charge on any atom is -0.339 e. The first-order chi connectivity index (χ1) is 13.3. The van der Waals surface area contributed by atoms with Crippen molar-refractivity contribution in [3.05, 3.63) is 60.0 Å². The third-order valence-electron chi connectivity index (χ3n) is 5.12. The molecule has 3 aromatic heterocycles. The van der Waals surface area contributed by atoms with Crippen LogP contribution in [-0.2, 0) is 13.0 Å². The van der Waals surface area contributed by atoms with Crippen molar-refractivity contribution in [2.75, 3.05) is 13.1 Å². The summed E-state index contributed by atoms with van der Waals surface area (Å²) in [6.07, 6.45) is 9.86. The zero-order chi connectivity index (χ0) is 18.5. The molecule has 1 saturated heterocycles. The van der Waals surface area contributed by atoms with Crippen molar-refractivity contribution < 1.29 is 4.52 Å². The molecule has 0 amide bonds. The lowest BCUT2D eigenvalue weighted by Gasteiger charge is -2.32. The topological polar surface area (TPSA) is 67.9 Å². The van der Waals surface area contributed by atoms with Gasteiger partial charge in [0.2, 0.25) is 11.7 Å². The van der Waals surface area contributed by atoms with Crippen LogP contribution in [-0.4, -0.2) is 38.1 Å². The minimum absolute atomic E-state index is 0.619. The van der Waals surface area contributed by atoms with Gasteiger partial charge in [0.1, 0.15) is 0 Å². The van der Waals surface area contributed by atoms with Gasteiger partial charge >= 0.3 is 0 Å². The smallest absolute Gasteiger partial charge is 0.226 e. The van der Waals surface area contributed by atoms with Crippen LogP contribution in [0.15, 0.2) is 47.4 Å². The second kappa shape index (κ2) is 8.39. The molecule has 6 heteroatoms. The van der Waals surface area contributed by atoms with Crippen molar-refractivity contribution >= 4 is 0 Å². The molecule has 3 aromatic rings. The van der Waals surface area contributed by atoms with Gasteiger partial charge in [-0.3, -0.25) is 14.9 Å². The Morgan fingerprint density at radius 1 is 1.22 bits per heavy atom. The Bertz CT molecular complexity index is 847. The molecule has 0 saturated carbocycles. The van der Waals surface area contributed by atoms with Gasteiger partial charge in [-0.25, -0.2) is 0 Å². The van der Waals surface area contributed by atoms with E-state index in [1.807, 2.05) is 18.3 Å². The Kier molecular flexibility index (Phi) is 5.53. The lowest BCUT2D eigenvalue weighted by atomic mass is 9.93. The molecule has 1 aliphatic rings. The Hall–Kier alpha value is -2.60. The number of hydrogen-bond acceptors (Lipinski definition) is 6. The van der Waals surface area contributed by atoms with Crippen molar-refractivity contribution in [3.8, 4) is 11.4 Å². The van der Waals surface area contributed by atoms with E-state index in [-0.39, 0.29) is 0 Å². The number of hydrogen-bond donors (Lipinski definition) is 0. The highest BCUT2D eigenvalue weighted by Crippen LogP contribution is 2.23. The first-order valence-electron chi connectivity index (χ1n) is 9.63. The quantitative estimate of drug-likeness (QED) is 0.665. The van der Waals surface area contributed by atoms with Gasteiger partial charge in [-0.1, -0.05) is 11.2 Å². The summed E-state index contributed by atoms with van der Waals surface area (Å²) in [6.45, 7) is 5.27. The molecule has 0 bridgehead atoms. The van der Waals surface area contributed by atoms with Crippen molar-refractivity contribution in [1.82, 2.24) is 25.0 Å². The maximum Gasteiger partial charge on any atom is 0.226 e. The largest absolute Gasteiger partial charge is 0.339 e. The van der Waals surface area contributed by atoms with Gasteiger partial charge in [0.15, 0.2) is 0 Å². The molecule has 0 radical (unpaired) electrons. The highest BCUT2D eigenvalue weighted by molar-refractivity contribution is 5.51. The van der Waals surface area contributed by atoms with E-state index < -0.39 is 0 Å². The van der Waals surface area contributed by atoms with Crippen LogP contribution in [0.3, 0.4) is 0 Å². The molecule has 0 aliphatic carbocycles. The summed E-state index contributed by atoms with van der Waals surface area (Å²) in [7, 11) is 0. The van der Waals surface area contributed by atoms with Crippen LogP contribution >= 0.6 is 0 Å². The molecule has 1 atom stereocenters. The second-order valence-corrected chi connectivity index (χ2v) is 7.36. The van der Waals surface area contributed by atoms with Crippen LogP contribution in [0.2, 0.25) is 0 Å². The molecule has 6 nitrogen and oxygen atoms in total. The lowest BCUT2D eigenvalue weighted by Crippen LogP contribution is -2.35. The number of likely N-dealkylation sites (tertiary alicyclic amines) is 1. The fourth-order valence-electron chi connectivity index (χ4n) is 3.65. The van der Waals surface area contributed by atoms with E-state index in [1.54, 1.807) is 12.4 Å². The van der Waals surface area contributed by atoms with Gasteiger partial charge in [-0.05, 0) is 62.4 Å². The number of piperidine rings is 1. The van der Waals surface area contributed by atoms with Crippen molar-refractivity contribution in [2.45, 2.75) is 39.2 Å². The maximum absolute atomic E-state index is 5.43. The van der Waals surface area contributed by atoms with Crippen LogP contribution in [0.4, 0.5) is 0 Å². The normalized spacial score (nSPS) is 17.9. The van der Waals surface area contributed by atoms with Crippen LogP contribution in [0.25, 0.3) is 11.4 Å². The summed E-state index contributed by atoms with van der Waals surface area (Å²) in [4.78, 5) is 15.7. The first-order valence-corrected chi connectivity index (χ1v) is 9.63. The molecule has 0 N–H and O–H groups in total. The maximum atomic E-state index is 5.43. The third kappa shape index (κ3) is 4.77. The zero-order valence-electron chi connectivity index (χ0n) is 15.7. The average molecular weight is 363 g/mol. The summed E-state index contributed by atoms with van der Waals surface area (Å²) in [5, 5.41) is 4.08. The van der Waals surface area contributed by atoms with E-state index in [9.17, 15) is 0 Å². The van der Waals surface area contributed by atoms with E-state index in [0.29, 0.717) is 17.6 Å². The Balaban J connectivity index is 1.29. The van der Waals surface area contributed by atoms with E-state index in [0.717, 1.165) is 43.7 Å². The molecule has 1 fully saturated rings. The number of rotatable bonds is 6. The van der Waals surface area contributed by atoms with Crippen LogP contribution < -0.4 is 0 Å². The van der Waals surface area contributed by atoms with Gasteiger partial charge in [0.05, 0.1) is 5.69 Å². The molecule has 1 aliphatic heterocycles. The molecular weight excluding hydrogens is 338 g/mol. The minimum atomic E-state index is 0.619. The molecule has 0 aromatic carbocycles. The predicted octanol–water partition coefficient (Wildman–Crippen LogP) is 3.68. The fourth-order valence-corrected chi connectivity index (χ4v) is 3.65. The summed E-state index contributed by atoms with van der Waals surface area (Å²) in [5.74, 6) is 2.00. The first kappa shape index (κ1) is 17.8. The molecule has 4 rings (SSSR count). The number of nitrogens with zero attached hydrogens (tertiary/aromatic N) is 5. The molecule has 140 valence electrons. The van der Waals surface area contributed by atoms with Crippen LogP contribution in [0, 0.1) is 12.8 Å². The standard InChI is InChI=1S/C21H25N5O/c1-16-6-8-19(23-12-16)15-26-11-3-4-17(14-26)7-9-20-24-21(25-27-20)18-5-2-10-22-13-18/h2,5-6,8,10,12-13,17H,3-4,7,9,11,14-15H2,1H3. The Morgan fingerprint density at radius 2 is 2.19 bits per heavy atom. The molecule has 27 heavy (non-hydrogen) atoms. The average Bonchev–Trinajstić information content (AvgIpc) is 3.18. The molecule has 0 spiro atoms. The predicted molar refractivity (Wildman–Crippen MR) is 103 cm³/mol. The number of aromatic nitrogens is 4. The summed E-state index contributed by atoms with van der Waals surface area (Å²) in [6, 6.07) is 8.10. The van der Waals surface area contributed by atoms with E-state index in [2.05, 4.69) is 44.1 Å². The summed E-state index contributed by atoms with van der Waals surface area (Å²) >= 11 is 0. The number of pyridine rings is 2. The number of aryl methyl sites for hydroxylation is 2. The van der Waals surface area contributed by atoms with Gasteiger partial charge < -0.3 is 4.52 Å². The molecular formula is C21H25N5O. The highest BCUT2D eigenvalue weighted by atomic mass is 16.5. The molecule has 1 unspecified atom stereocenters. The van der Waals surface area contributed by atoms with E-state index in [4.69, 9.17) is 4.52 Å². The van der Waals surface area contributed by atoms with Crippen molar-refractivity contribution in [2.24, 2.45) is 5.92 Å². The highest BCUT2D eigenvalue weighted by Gasteiger charge is 2.21. The van der Waals surface area contributed by atoms with Gasteiger partial charge in [0.25, 0.3) is 0 Å². The monoisotopic (exact) mass is 363 g/mol. The lowest BCUT2D eigenvalue weighted by molar-refractivity contribution is 0.158. The molecule has 4 heterocycles. The SMILES string of the molecule is Cc1ccc(CN2CCCC(CCc3nc(-c4cccnc4)no3)C2)nc1. The van der Waals surface area contributed by atoms with Crippen molar-refractivity contribution in [3.63, 3.8) is 0 Å².